The molecule has 6 atom stereocenters. The molecule has 2 fully saturated rings. The normalized spacial score (nSPS) is 38.2. The van der Waals surface area contributed by atoms with Crippen molar-refractivity contribution in [3.63, 3.8) is 0 Å². The molecule has 1 saturated heterocycles. The molecule has 1 aliphatic heterocycles. The number of esters is 2. The lowest BCUT2D eigenvalue weighted by atomic mass is 9.76. The maximum atomic E-state index is 12.6. The van der Waals surface area contributed by atoms with Crippen LogP contribution in [-0.4, -0.2) is 51.8 Å². The molecule has 2 N–H and O–H groups in total. The lowest BCUT2D eigenvalue weighted by Gasteiger charge is -2.39. The summed E-state index contributed by atoms with van der Waals surface area (Å²) in [4.78, 5) is 37.0. The maximum absolute atomic E-state index is 12.6. The zero-order valence-electron chi connectivity index (χ0n) is 16.2. The molecule has 7 nitrogen and oxygen atoms in total. The third kappa shape index (κ3) is 4.14. The Kier molecular flexibility index (Phi) is 6.27. The lowest BCUT2D eigenvalue weighted by Crippen LogP contribution is -2.55. The quantitative estimate of drug-likeness (QED) is 0.551. The summed E-state index contributed by atoms with van der Waals surface area (Å²) < 4.78 is 10.8. The molecule has 1 saturated carbocycles. The highest BCUT2D eigenvalue weighted by Gasteiger charge is 2.55. The summed E-state index contributed by atoms with van der Waals surface area (Å²) in [6, 6.07) is 0. The Morgan fingerprint density at radius 2 is 2.04 bits per heavy atom. The predicted octanol–water partition coefficient (Wildman–Crippen LogP) is 1.46. The first-order chi connectivity index (χ1) is 12.5. The fourth-order valence-corrected chi connectivity index (χ4v) is 3.62. The molecular weight excluding hydrogens is 352 g/mol. The Hall–Kier alpha value is -1.99. The summed E-state index contributed by atoms with van der Waals surface area (Å²) in [6.07, 6.45) is -1.23. The van der Waals surface area contributed by atoms with Gasteiger partial charge in [-0.2, -0.15) is 0 Å². The zero-order chi connectivity index (χ0) is 20.5. The fraction of sp³-hybridized carbons (Fsp3) is 0.650. The molecule has 0 unspecified atom stereocenters. The first kappa shape index (κ1) is 21.3. The first-order valence-electron chi connectivity index (χ1n) is 9.19. The highest BCUT2D eigenvalue weighted by Crippen LogP contribution is 2.40. The van der Waals surface area contributed by atoms with Crippen LogP contribution < -0.4 is 0 Å². The predicted molar refractivity (Wildman–Crippen MR) is 96.5 cm³/mol. The van der Waals surface area contributed by atoms with Crippen molar-refractivity contribution in [2.24, 2.45) is 11.8 Å². The fourth-order valence-electron chi connectivity index (χ4n) is 3.62. The summed E-state index contributed by atoms with van der Waals surface area (Å²) >= 11 is 0. The molecule has 0 bridgehead atoms. The van der Waals surface area contributed by atoms with Gasteiger partial charge >= 0.3 is 11.9 Å². The largest absolute Gasteiger partial charge is 0.454 e. The number of carbonyl (C=O) groups is 3. The highest BCUT2D eigenvalue weighted by molar-refractivity contribution is 5.94. The molecule has 2 aliphatic rings. The van der Waals surface area contributed by atoms with Crippen LogP contribution >= 0.6 is 0 Å². The van der Waals surface area contributed by atoms with E-state index in [9.17, 15) is 24.6 Å². The molecular formula is C20H28O7. The van der Waals surface area contributed by atoms with E-state index in [1.54, 1.807) is 26.8 Å². The van der Waals surface area contributed by atoms with E-state index < -0.39 is 53.5 Å². The van der Waals surface area contributed by atoms with Gasteiger partial charge in [0.15, 0.2) is 18.0 Å². The van der Waals surface area contributed by atoms with E-state index in [4.69, 9.17) is 9.47 Å². The number of Topliss-reactive ketones (excluding diaryl/α,β-unsaturated/α-hetero) is 1. The van der Waals surface area contributed by atoms with Gasteiger partial charge in [0.05, 0.1) is 5.92 Å². The molecule has 2 rings (SSSR count). The molecule has 0 spiro atoms. The standard InChI is InChI=1S/C20H28O7/c1-6-10(2)18(23)27-17-16-13(12(4)19(24)26-16)15(22)14(21)11(3)8-7-9-20(17,5)25/h6,11,13,15-17,22,25H,4,7-9H2,1-3,5H3/b10-6-/t11-,13-,15-,16+,17-,20+/m0/s1. The molecule has 150 valence electrons. The number of aliphatic hydroxyl groups is 2. The van der Waals surface area contributed by atoms with Crippen molar-refractivity contribution in [3.8, 4) is 0 Å². The Balaban J connectivity index is 2.50. The average Bonchev–Trinajstić information content (AvgIpc) is 2.90. The van der Waals surface area contributed by atoms with Gasteiger partial charge in [-0.1, -0.05) is 19.6 Å². The molecule has 0 aromatic heterocycles. The zero-order valence-corrected chi connectivity index (χ0v) is 16.2. The number of hydrogen-bond donors (Lipinski definition) is 2. The Morgan fingerprint density at radius 3 is 2.63 bits per heavy atom. The summed E-state index contributed by atoms with van der Waals surface area (Å²) in [5, 5.41) is 21.7. The van der Waals surface area contributed by atoms with E-state index in [0.29, 0.717) is 18.4 Å². The van der Waals surface area contributed by atoms with Gasteiger partial charge in [0, 0.05) is 17.1 Å². The monoisotopic (exact) mass is 380 g/mol. The van der Waals surface area contributed by atoms with Crippen molar-refractivity contribution in [1.82, 2.24) is 0 Å². The number of ether oxygens (including phenoxy) is 2. The van der Waals surface area contributed by atoms with Crippen LogP contribution in [0.5, 0.6) is 0 Å². The van der Waals surface area contributed by atoms with Gasteiger partial charge in [-0.25, -0.2) is 9.59 Å². The molecule has 0 amide bonds. The Morgan fingerprint density at radius 1 is 1.41 bits per heavy atom. The SMILES string of the molecule is C=C1C(=O)O[C@@H]2[C@@H]1[C@H](O)C(=O)[C@@H](C)CCC[C@@](C)(O)[C@H]2OC(=O)/C(C)=C\C. The lowest BCUT2D eigenvalue weighted by molar-refractivity contribution is -0.188. The number of fused-ring (bicyclic) bond motifs is 1. The van der Waals surface area contributed by atoms with Crippen LogP contribution in [0.25, 0.3) is 0 Å². The number of ketones is 1. The number of aliphatic hydroxyl groups excluding tert-OH is 1. The number of hydrogen-bond acceptors (Lipinski definition) is 7. The molecule has 27 heavy (non-hydrogen) atoms. The molecule has 0 aromatic rings. The summed E-state index contributed by atoms with van der Waals surface area (Å²) in [7, 11) is 0. The van der Waals surface area contributed by atoms with E-state index in [2.05, 4.69) is 6.58 Å². The molecule has 1 heterocycles. The van der Waals surface area contributed by atoms with Crippen molar-refractivity contribution in [1.29, 1.82) is 0 Å². The van der Waals surface area contributed by atoms with Crippen molar-refractivity contribution in [2.45, 2.75) is 70.9 Å². The van der Waals surface area contributed by atoms with Gasteiger partial charge in [0.2, 0.25) is 0 Å². The van der Waals surface area contributed by atoms with Gasteiger partial charge in [0.1, 0.15) is 11.7 Å². The third-order valence-corrected chi connectivity index (χ3v) is 5.60. The van der Waals surface area contributed by atoms with Crippen molar-refractivity contribution in [3.05, 3.63) is 23.8 Å². The smallest absolute Gasteiger partial charge is 0.334 e. The summed E-state index contributed by atoms with van der Waals surface area (Å²) in [5.74, 6) is -3.38. The molecule has 7 heteroatoms. The minimum absolute atomic E-state index is 0.0618. The highest BCUT2D eigenvalue weighted by atomic mass is 16.6. The van der Waals surface area contributed by atoms with Crippen LogP contribution in [0.15, 0.2) is 23.8 Å². The summed E-state index contributed by atoms with van der Waals surface area (Å²) in [5.41, 5.74) is -1.25. The number of allylic oxidation sites excluding steroid dienone is 1. The van der Waals surface area contributed by atoms with Gasteiger partial charge in [-0.15, -0.1) is 0 Å². The van der Waals surface area contributed by atoms with E-state index >= 15 is 0 Å². The van der Waals surface area contributed by atoms with Crippen LogP contribution in [0, 0.1) is 11.8 Å². The van der Waals surface area contributed by atoms with Crippen molar-refractivity contribution < 1.29 is 34.1 Å². The van der Waals surface area contributed by atoms with Gasteiger partial charge < -0.3 is 19.7 Å². The van der Waals surface area contributed by atoms with Crippen LogP contribution in [0.4, 0.5) is 0 Å². The molecule has 0 radical (unpaired) electrons. The third-order valence-electron chi connectivity index (χ3n) is 5.60. The van der Waals surface area contributed by atoms with Crippen LogP contribution in [-0.2, 0) is 23.9 Å². The van der Waals surface area contributed by atoms with Crippen LogP contribution in [0.1, 0.15) is 47.0 Å². The Labute approximate surface area is 159 Å². The minimum atomic E-state index is -1.53. The van der Waals surface area contributed by atoms with Crippen LogP contribution in [0.2, 0.25) is 0 Å². The van der Waals surface area contributed by atoms with Gasteiger partial charge in [0.25, 0.3) is 0 Å². The molecule has 0 aromatic carbocycles. The van der Waals surface area contributed by atoms with E-state index in [1.807, 2.05) is 0 Å². The van der Waals surface area contributed by atoms with Gasteiger partial charge in [-0.05, 0) is 40.0 Å². The second-order valence-electron chi connectivity index (χ2n) is 7.72. The first-order valence-corrected chi connectivity index (χ1v) is 9.19. The second kappa shape index (κ2) is 7.94. The number of carbonyl (C=O) groups excluding carboxylic acids is 3. The average molecular weight is 380 g/mol. The molecule has 1 aliphatic carbocycles. The van der Waals surface area contributed by atoms with Gasteiger partial charge in [-0.3, -0.25) is 4.79 Å². The number of rotatable bonds is 2. The maximum Gasteiger partial charge on any atom is 0.334 e. The topological polar surface area (TPSA) is 110 Å². The van der Waals surface area contributed by atoms with E-state index in [1.165, 1.54) is 6.92 Å². The van der Waals surface area contributed by atoms with Crippen molar-refractivity contribution in [2.75, 3.05) is 0 Å². The van der Waals surface area contributed by atoms with Crippen LogP contribution in [0.3, 0.4) is 0 Å². The minimum Gasteiger partial charge on any atom is -0.454 e. The van der Waals surface area contributed by atoms with Crippen molar-refractivity contribution >= 4 is 17.7 Å². The Bertz CT molecular complexity index is 676. The summed E-state index contributed by atoms with van der Waals surface area (Å²) in [6.45, 7) is 10.1. The van der Waals surface area contributed by atoms with E-state index in [0.717, 1.165) is 0 Å². The second-order valence-corrected chi connectivity index (χ2v) is 7.72. The van der Waals surface area contributed by atoms with E-state index in [-0.39, 0.29) is 12.0 Å².